The summed E-state index contributed by atoms with van der Waals surface area (Å²) in [4.78, 5) is 9.48. The standard InChI is InChI=1S/C20H32N4O/c1-21-20(22-10-14-25-17-18-7-3-2-4-8-18)24-13-9-19(16-24)15-23-11-5-6-12-23/h2-4,7-8,19H,5-6,9-17H2,1H3,(H,21,22). The van der Waals surface area contributed by atoms with Gasteiger partial charge in [-0.1, -0.05) is 30.3 Å². The van der Waals surface area contributed by atoms with E-state index in [0.717, 1.165) is 31.5 Å². The molecule has 0 aromatic heterocycles. The van der Waals surface area contributed by atoms with Crippen LogP contribution in [0.15, 0.2) is 35.3 Å². The van der Waals surface area contributed by atoms with E-state index in [0.29, 0.717) is 13.2 Å². The molecule has 0 aliphatic carbocycles. The Morgan fingerprint density at radius 3 is 2.76 bits per heavy atom. The van der Waals surface area contributed by atoms with Crippen molar-refractivity contribution >= 4 is 5.96 Å². The van der Waals surface area contributed by atoms with Gasteiger partial charge >= 0.3 is 0 Å². The maximum absolute atomic E-state index is 5.74. The smallest absolute Gasteiger partial charge is 0.193 e. The van der Waals surface area contributed by atoms with E-state index in [9.17, 15) is 0 Å². The van der Waals surface area contributed by atoms with E-state index in [2.05, 4.69) is 32.2 Å². The summed E-state index contributed by atoms with van der Waals surface area (Å²) in [5.41, 5.74) is 1.22. The number of rotatable bonds is 7. The van der Waals surface area contributed by atoms with Crippen molar-refractivity contribution in [1.82, 2.24) is 15.1 Å². The predicted molar refractivity (Wildman–Crippen MR) is 103 cm³/mol. The number of aliphatic imine (C=N–C) groups is 1. The first-order valence-corrected chi connectivity index (χ1v) is 9.65. The second kappa shape index (κ2) is 9.78. The molecular weight excluding hydrogens is 312 g/mol. The fraction of sp³-hybridized carbons (Fsp3) is 0.650. The number of ether oxygens (including phenoxy) is 1. The third-order valence-electron chi connectivity index (χ3n) is 5.15. The van der Waals surface area contributed by atoms with Crippen molar-refractivity contribution < 1.29 is 4.74 Å². The SMILES string of the molecule is CN=C(NCCOCc1ccccc1)N1CCC(CN2CCCC2)C1. The van der Waals surface area contributed by atoms with Gasteiger partial charge < -0.3 is 19.9 Å². The summed E-state index contributed by atoms with van der Waals surface area (Å²) in [6.45, 7) is 8.25. The van der Waals surface area contributed by atoms with Gasteiger partial charge in [-0.15, -0.1) is 0 Å². The molecule has 2 fully saturated rings. The van der Waals surface area contributed by atoms with Crippen molar-refractivity contribution in [2.75, 3.05) is 52.9 Å². The third-order valence-corrected chi connectivity index (χ3v) is 5.15. The first-order chi connectivity index (χ1) is 12.3. The van der Waals surface area contributed by atoms with E-state index in [1.54, 1.807) is 0 Å². The van der Waals surface area contributed by atoms with Gasteiger partial charge in [0.2, 0.25) is 0 Å². The first kappa shape index (κ1) is 18.2. The van der Waals surface area contributed by atoms with E-state index >= 15 is 0 Å². The van der Waals surface area contributed by atoms with E-state index in [-0.39, 0.29) is 0 Å². The monoisotopic (exact) mass is 344 g/mol. The molecular formula is C20H32N4O. The summed E-state index contributed by atoms with van der Waals surface area (Å²) >= 11 is 0. The Morgan fingerprint density at radius 2 is 2.00 bits per heavy atom. The van der Waals surface area contributed by atoms with E-state index < -0.39 is 0 Å². The molecule has 2 saturated heterocycles. The molecule has 0 saturated carbocycles. The Labute approximate surface area is 152 Å². The van der Waals surface area contributed by atoms with Crippen LogP contribution < -0.4 is 5.32 Å². The number of guanidine groups is 1. The molecule has 0 amide bonds. The van der Waals surface area contributed by atoms with Crippen LogP contribution in [0.2, 0.25) is 0 Å². The van der Waals surface area contributed by atoms with Crippen LogP contribution in [-0.4, -0.2) is 68.7 Å². The van der Waals surface area contributed by atoms with Gasteiger partial charge in [0.05, 0.1) is 13.2 Å². The maximum Gasteiger partial charge on any atom is 0.193 e. The summed E-state index contributed by atoms with van der Waals surface area (Å²) in [5.74, 6) is 1.80. The molecule has 0 spiro atoms. The van der Waals surface area contributed by atoms with Crippen LogP contribution in [0, 0.1) is 5.92 Å². The van der Waals surface area contributed by atoms with Gasteiger partial charge in [-0.2, -0.15) is 0 Å². The second-order valence-corrected chi connectivity index (χ2v) is 7.12. The average molecular weight is 345 g/mol. The Morgan fingerprint density at radius 1 is 1.20 bits per heavy atom. The highest BCUT2D eigenvalue weighted by Gasteiger charge is 2.27. The number of nitrogens with one attached hydrogen (secondary N) is 1. The molecule has 1 unspecified atom stereocenters. The largest absolute Gasteiger partial charge is 0.375 e. The van der Waals surface area contributed by atoms with Gasteiger partial charge in [0.25, 0.3) is 0 Å². The zero-order chi connectivity index (χ0) is 17.3. The molecule has 3 rings (SSSR count). The minimum atomic E-state index is 0.669. The third kappa shape index (κ3) is 5.72. The number of hydrogen-bond donors (Lipinski definition) is 1. The average Bonchev–Trinajstić information content (AvgIpc) is 3.32. The lowest BCUT2D eigenvalue weighted by Crippen LogP contribution is -2.42. The van der Waals surface area contributed by atoms with Crippen molar-refractivity contribution in [2.45, 2.75) is 25.9 Å². The molecule has 1 aromatic carbocycles. The molecule has 5 heteroatoms. The first-order valence-electron chi connectivity index (χ1n) is 9.65. The molecule has 5 nitrogen and oxygen atoms in total. The highest BCUT2D eigenvalue weighted by atomic mass is 16.5. The molecule has 138 valence electrons. The Hall–Kier alpha value is -1.59. The van der Waals surface area contributed by atoms with Crippen molar-refractivity contribution in [3.63, 3.8) is 0 Å². The quantitative estimate of drug-likeness (QED) is 0.468. The minimum absolute atomic E-state index is 0.669. The van der Waals surface area contributed by atoms with Gasteiger partial charge in [0.1, 0.15) is 0 Å². The highest BCUT2D eigenvalue weighted by Crippen LogP contribution is 2.19. The minimum Gasteiger partial charge on any atom is -0.375 e. The van der Waals surface area contributed by atoms with Gasteiger partial charge in [-0.05, 0) is 43.8 Å². The fourth-order valence-corrected chi connectivity index (χ4v) is 3.84. The van der Waals surface area contributed by atoms with Crippen LogP contribution in [0.5, 0.6) is 0 Å². The fourth-order valence-electron chi connectivity index (χ4n) is 3.84. The summed E-state index contributed by atoms with van der Waals surface area (Å²) in [6.07, 6.45) is 4.03. The van der Waals surface area contributed by atoms with Crippen LogP contribution >= 0.6 is 0 Å². The molecule has 1 N–H and O–H groups in total. The van der Waals surface area contributed by atoms with Crippen LogP contribution in [0.4, 0.5) is 0 Å². The van der Waals surface area contributed by atoms with Gasteiger partial charge in [-0.3, -0.25) is 4.99 Å². The lowest BCUT2D eigenvalue weighted by molar-refractivity contribution is 0.125. The number of benzene rings is 1. The van der Waals surface area contributed by atoms with E-state index in [1.807, 2.05) is 25.2 Å². The molecule has 2 aliphatic heterocycles. The maximum atomic E-state index is 5.74. The normalized spacial score (nSPS) is 21.9. The van der Waals surface area contributed by atoms with Gasteiger partial charge in [0, 0.05) is 33.2 Å². The summed E-state index contributed by atoms with van der Waals surface area (Å²) < 4.78 is 5.74. The second-order valence-electron chi connectivity index (χ2n) is 7.12. The number of nitrogens with zero attached hydrogens (tertiary/aromatic N) is 3. The number of hydrogen-bond acceptors (Lipinski definition) is 3. The molecule has 1 aromatic rings. The zero-order valence-electron chi connectivity index (χ0n) is 15.5. The lowest BCUT2D eigenvalue weighted by atomic mass is 10.1. The Kier molecular flexibility index (Phi) is 7.12. The summed E-state index contributed by atoms with van der Waals surface area (Å²) in [5, 5.41) is 3.45. The predicted octanol–water partition coefficient (Wildman–Crippen LogP) is 2.20. The molecule has 25 heavy (non-hydrogen) atoms. The van der Waals surface area contributed by atoms with E-state index in [4.69, 9.17) is 4.74 Å². The molecule has 2 aliphatic rings. The molecule has 0 bridgehead atoms. The topological polar surface area (TPSA) is 40.1 Å². The van der Waals surface area contributed by atoms with Crippen LogP contribution in [0.1, 0.15) is 24.8 Å². The molecule has 2 heterocycles. The Bertz CT molecular complexity index is 528. The zero-order valence-corrected chi connectivity index (χ0v) is 15.5. The van der Waals surface area contributed by atoms with Crippen LogP contribution in [0.3, 0.4) is 0 Å². The van der Waals surface area contributed by atoms with Crippen molar-refractivity contribution in [2.24, 2.45) is 10.9 Å². The lowest BCUT2D eigenvalue weighted by Gasteiger charge is -2.23. The molecule has 0 radical (unpaired) electrons. The molecule has 1 atom stereocenters. The summed E-state index contributed by atoms with van der Waals surface area (Å²) in [7, 11) is 1.88. The highest BCUT2D eigenvalue weighted by molar-refractivity contribution is 5.80. The van der Waals surface area contributed by atoms with Crippen molar-refractivity contribution in [3.8, 4) is 0 Å². The summed E-state index contributed by atoms with van der Waals surface area (Å²) in [6, 6.07) is 10.3. The van der Waals surface area contributed by atoms with Gasteiger partial charge in [-0.25, -0.2) is 0 Å². The van der Waals surface area contributed by atoms with Crippen molar-refractivity contribution in [3.05, 3.63) is 35.9 Å². The van der Waals surface area contributed by atoms with Crippen LogP contribution in [0.25, 0.3) is 0 Å². The Balaban J connectivity index is 1.32. The van der Waals surface area contributed by atoms with Gasteiger partial charge in [0.15, 0.2) is 5.96 Å². The van der Waals surface area contributed by atoms with Crippen LogP contribution in [-0.2, 0) is 11.3 Å². The van der Waals surface area contributed by atoms with E-state index in [1.165, 1.54) is 44.5 Å². The number of likely N-dealkylation sites (tertiary alicyclic amines) is 2. The van der Waals surface area contributed by atoms with Crippen molar-refractivity contribution in [1.29, 1.82) is 0 Å².